The van der Waals surface area contributed by atoms with Gasteiger partial charge in [0.2, 0.25) is 10.0 Å². The Morgan fingerprint density at radius 3 is 2.53 bits per heavy atom. The average molecular weight is 254 g/mol. The van der Waals surface area contributed by atoms with Gasteiger partial charge in [0, 0.05) is 6.54 Å². The molecule has 0 saturated heterocycles. The Balaban J connectivity index is 2.09. The standard InChI is InChI=1S/C12H18N2O2S/c13-17(15,16)12-8-4-3-7-11(12)14-9-10-5-1-2-6-10/h3-4,7-8,10,14H,1-2,5-6,9H2,(H2,13,15,16). The van der Waals surface area contributed by atoms with Gasteiger partial charge >= 0.3 is 0 Å². The van der Waals surface area contributed by atoms with Crippen LogP contribution in [0.1, 0.15) is 25.7 Å². The number of nitrogens with one attached hydrogen (secondary N) is 1. The highest BCUT2D eigenvalue weighted by molar-refractivity contribution is 7.89. The highest BCUT2D eigenvalue weighted by atomic mass is 32.2. The molecule has 1 aromatic rings. The zero-order valence-electron chi connectivity index (χ0n) is 9.72. The summed E-state index contributed by atoms with van der Waals surface area (Å²) in [6.07, 6.45) is 5.02. The van der Waals surface area contributed by atoms with Crippen molar-refractivity contribution in [2.45, 2.75) is 30.6 Å². The molecule has 4 nitrogen and oxygen atoms in total. The van der Waals surface area contributed by atoms with Crippen molar-refractivity contribution in [2.24, 2.45) is 11.1 Å². The van der Waals surface area contributed by atoms with Gasteiger partial charge in [0.05, 0.1) is 5.69 Å². The van der Waals surface area contributed by atoms with Crippen LogP contribution in [0.15, 0.2) is 29.2 Å². The van der Waals surface area contributed by atoms with Gasteiger partial charge in [-0.15, -0.1) is 0 Å². The summed E-state index contributed by atoms with van der Waals surface area (Å²) in [5, 5.41) is 8.38. The number of anilines is 1. The highest BCUT2D eigenvalue weighted by Gasteiger charge is 2.17. The molecule has 0 radical (unpaired) electrons. The Morgan fingerprint density at radius 2 is 1.88 bits per heavy atom. The Bertz CT molecular complexity index is 479. The van der Waals surface area contributed by atoms with Gasteiger partial charge in [-0.1, -0.05) is 25.0 Å². The summed E-state index contributed by atoms with van der Waals surface area (Å²) < 4.78 is 22.8. The molecule has 0 aliphatic heterocycles. The monoisotopic (exact) mass is 254 g/mol. The maximum absolute atomic E-state index is 11.4. The average Bonchev–Trinajstić information content (AvgIpc) is 2.78. The molecule has 0 amide bonds. The highest BCUT2D eigenvalue weighted by Crippen LogP contribution is 2.26. The fraction of sp³-hybridized carbons (Fsp3) is 0.500. The maximum atomic E-state index is 11.4. The molecule has 1 saturated carbocycles. The number of rotatable bonds is 4. The number of hydrogen-bond acceptors (Lipinski definition) is 3. The Labute approximate surface area is 102 Å². The van der Waals surface area contributed by atoms with Crippen LogP contribution in [0.25, 0.3) is 0 Å². The number of sulfonamides is 1. The Kier molecular flexibility index (Phi) is 3.69. The van der Waals surface area contributed by atoms with Crippen molar-refractivity contribution in [3.05, 3.63) is 24.3 Å². The molecule has 1 aliphatic carbocycles. The summed E-state index contributed by atoms with van der Waals surface area (Å²) in [7, 11) is -3.64. The zero-order chi connectivity index (χ0) is 12.3. The molecular weight excluding hydrogens is 236 g/mol. The quantitative estimate of drug-likeness (QED) is 0.862. The van der Waals surface area contributed by atoms with Crippen molar-refractivity contribution >= 4 is 15.7 Å². The minimum atomic E-state index is -3.64. The van der Waals surface area contributed by atoms with Crippen molar-refractivity contribution in [3.63, 3.8) is 0 Å². The van der Waals surface area contributed by atoms with Crippen molar-refractivity contribution in [3.8, 4) is 0 Å². The van der Waals surface area contributed by atoms with Crippen molar-refractivity contribution in [1.29, 1.82) is 0 Å². The molecule has 2 rings (SSSR count). The van der Waals surface area contributed by atoms with E-state index in [9.17, 15) is 8.42 Å². The molecular formula is C12H18N2O2S. The number of benzene rings is 1. The van der Waals surface area contributed by atoms with Crippen LogP contribution in [0, 0.1) is 5.92 Å². The van der Waals surface area contributed by atoms with Gasteiger partial charge in [-0.3, -0.25) is 0 Å². The summed E-state index contributed by atoms with van der Waals surface area (Å²) in [4.78, 5) is 0.179. The van der Waals surface area contributed by atoms with Gasteiger partial charge in [-0.2, -0.15) is 0 Å². The van der Waals surface area contributed by atoms with Crippen LogP contribution in [0.3, 0.4) is 0 Å². The fourth-order valence-corrected chi connectivity index (χ4v) is 3.04. The third kappa shape index (κ3) is 3.20. The lowest BCUT2D eigenvalue weighted by Gasteiger charge is -2.14. The van der Waals surface area contributed by atoms with Crippen LogP contribution in [0.4, 0.5) is 5.69 Å². The molecule has 0 unspecified atom stereocenters. The Hall–Kier alpha value is -1.07. The minimum absolute atomic E-state index is 0.179. The second kappa shape index (κ2) is 5.06. The van der Waals surface area contributed by atoms with E-state index < -0.39 is 10.0 Å². The van der Waals surface area contributed by atoms with Gasteiger partial charge in [0.15, 0.2) is 0 Å². The van der Waals surface area contributed by atoms with E-state index in [1.54, 1.807) is 12.1 Å². The van der Waals surface area contributed by atoms with Gasteiger partial charge in [-0.25, -0.2) is 13.6 Å². The third-order valence-corrected chi connectivity index (χ3v) is 4.22. The van der Waals surface area contributed by atoms with Crippen LogP contribution < -0.4 is 10.5 Å². The minimum Gasteiger partial charge on any atom is -0.384 e. The number of nitrogens with two attached hydrogens (primary N) is 1. The summed E-state index contributed by atoms with van der Waals surface area (Å²) in [5.41, 5.74) is 0.613. The first-order valence-electron chi connectivity index (χ1n) is 5.93. The SMILES string of the molecule is NS(=O)(=O)c1ccccc1NCC1CCCC1. The normalized spacial score (nSPS) is 17.2. The smallest absolute Gasteiger partial charge is 0.240 e. The van der Waals surface area contributed by atoms with E-state index in [-0.39, 0.29) is 4.90 Å². The molecule has 94 valence electrons. The van der Waals surface area contributed by atoms with E-state index in [1.165, 1.54) is 31.7 Å². The first-order valence-corrected chi connectivity index (χ1v) is 7.48. The van der Waals surface area contributed by atoms with E-state index in [4.69, 9.17) is 5.14 Å². The molecule has 1 aromatic carbocycles. The summed E-state index contributed by atoms with van der Waals surface area (Å²) in [6, 6.07) is 6.78. The third-order valence-electron chi connectivity index (χ3n) is 3.25. The largest absolute Gasteiger partial charge is 0.384 e. The van der Waals surface area contributed by atoms with Crippen molar-refractivity contribution in [1.82, 2.24) is 0 Å². The second-order valence-corrected chi connectivity index (χ2v) is 6.10. The van der Waals surface area contributed by atoms with E-state index >= 15 is 0 Å². The molecule has 0 bridgehead atoms. The zero-order valence-corrected chi connectivity index (χ0v) is 10.5. The summed E-state index contributed by atoms with van der Waals surface area (Å²) in [5.74, 6) is 0.656. The van der Waals surface area contributed by atoms with Crippen molar-refractivity contribution < 1.29 is 8.42 Å². The van der Waals surface area contributed by atoms with Crippen LogP contribution in [-0.4, -0.2) is 15.0 Å². The first-order chi connectivity index (χ1) is 8.07. The molecule has 0 spiro atoms. The van der Waals surface area contributed by atoms with Gasteiger partial charge in [0.1, 0.15) is 4.90 Å². The van der Waals surface area contributed by atoms with E-state index in [1.807, 2.05) is 6.07 Å². The van der Waals surface area contributed by atoms with E-state index in [0.29, 0.717) is 11.6 Å². The molecule has 1 aliphatic rings. The van der Waals surface area contributed by atoms with Crippen LogP contribution in [0.2, 0.25) is 0 Å². The topological polar surface area (TPSA) is 72.2 Å². The lowest BCUT2D eigenvalue weighted by molar-refractivity contribution is 0.578. The lowest BCUT2D eigenvalue weighted by atomic mass is 10.1. The number of hydrogen-bond donors (Lipinski definition) is 2. The van der Waals surface area contributed by atoms with Crippen LogP contribution in [-0.2, 0) is 10.0 Å². The van der Waals surface area contributed by atoms with Gasteiger partial charge < -0.3 is 5.32 Å². The number of para-hydroxylation sites is 1. The van der Waals surface area contributed by atoms with Crippen LogP contribution in [0.5, 0.6) is 0 Å². The maximum Gasteiger partial charge on any atom is 0.240 e. The molecule has 17 heavy (non-hydrogen) atoms. The van der Waals surface area contributed by atoms with Gasteiger partial charge in [-0.05, 0) is 30.9 Å². The second-order valence-electron chi connectivity index (χ2n) is 4.57. The van der Waals surface area contributed by atoms with Crippen molar-refractivity contribution in [2.75, 3.05) is 11.9 Å². The number of primary sulfonamides is 1. The molecule has 5 heteroatoms. The van der Waals surface area contributed by atoms with Crippen LogP contribution >= 0.6 is 0 Å². The molecule has 0 heterocycles. The van der Waals surface area contributed by atoms with Gasteiger partial charge in [0.25, 0.3) is 0 Å². The molecule has 0 aromatic heterocycles. The first kappa shape index (κ1) is 12.4. The predicted molar refractivity (Wildman–Crippen MR) is 68.3 cm³/mol. The van der Waals surface area contributed by atoms with E-state index in [0.717, 1.165) is 6.54 Å². The molecule has 1 fully saturated rings. The van der Waals surface area contributed by atoms with E-state index in [2.05, 4.69) is 5.32 Å². The fourth-order valence-electron chi connectivity index (χ4n) is 2.33. The predicted octanol–water partition coefficient (Wildman–Crippen LogP) is 1.94. The lowest BCUT2D eigenvalue weighted by Crippen LogP contribution is -2.17. The molecule has 3 N–H and O–H groups in total. The Morgan fingerprint density at radius 1 is 1.24 bits per heavy atom. The summed E-state index contributed by atoms with van der Waals surface area (Å²) >= 11 is 0. The molecule has 0 atom stereocenters. The summed E-state index contributed by atoms with van der Waals surface area (Å²) in [6.45, 7) is 0.826.